The van der Waals surface area contributed by atoms with E-state index in [-0.39, 0.29) is 5.60 Å². The summed E-state index contributed by atoms with van der Waals surface area (Å²) in [6.45, 7) is 2.95. The minimum absolute atomic E-state index is 0.0408. The molecule has 0 amide bonds. The number of ether oxygens (including phenoxy) is 1. The molecular weight excluding hydrogens is 164 g/mol. The van der Waals surface area contributed by atoms with Gasteiger partial charge in [0, 0.05) is 26.2 Å². The van der Waals surface area contributed by atoms with Crippen molar-refractivity contribution in [2.75, 3.05) is 26.7 Å². The number of methoxy groups -OCH3 is 1. The van der Waals surface area contributed by atoms with Gasteiger partial charge in [0.05, 0.1) is 5.60 Å². The Morgan fingerprint density at radius 1 is 1.54 bits per heavy atom. The van der Waals surface area contributed by atoms with Crippen molar-refractivity contribution in [3.63, 3.8) is 0 Å². The van der Waals surface area contributed by atoms with E-state index in [1.807, 2.05) is 0 Å². The van der Waals surface area contributed by atoms with Crippen LogP contribution in [0.1, 0.15) is 25.7 Å². The van der Waals surface area contributed by atoms with Gasteiger partial charge in [0.2, 0.25) is 0 Å². The Hall–Kier alpha value is -0.120. The molecule has 1 saturated carbocycles. The normalized spacial score (nSPS) is 36.5. The molecule has 0 bridgehead atoms. The molecule has 1 saturated heterocycles. The summed E-state index contributed by atoms with van der Waals surface area (Å²) in [6.07, 6.45) is 5.12. The zero-order chi connectivity index (χ0) is 9.31. The summed E-state index contributed by atoms with van der Waals surface area (Å²) in [5.41, 5.74) is 5.74. The van der Waals surface area contributed by atoms with Crippen LogP contribution in [-0.2, 0) is 4.74 Å². The zero-order valence-electron chi connectivity index (χ0n) is 8.46. The molecule has 3 nitrogen and oxygen atoms in total. The SMILES string of the molecule is COC1(CN)CCCN(C2CC2)C1. The fraction of sp³-hybridized carbons (Fsp3) is 1.00. The van der Waals surface area contributed by atoms with Crippen molar-refractivity contribution in [3.8, 4) is 0 Å². The molecule has 2 N–H and O–H groups in total. The maximum absolute atomic E-state index is 5.78. The molecule has 2 rings (SSSR count). The van der Waals surface area contributed by atoms with Crippen LogP contribution < -0.4 is 5.73 Å². The van der Waals surface area contributed by atoms with Crippen LogP contribution in [0, 0.1) is 0 Å². The van der Waals surface area contributed by atoms with Gasteiger partial charge in [-0.2, -0.15) is 0 Å². The molecule has 1 aliphatic carbocycles. The van der Waals surface area contributed by atoms with Crippen molar-refractivity contribution in [1.82, 2.24) is 4.90 Å². The van der Waals surface area contributed by atoms with Crippen LogP contribution in [0.2, 0.25) is 0 Å². The third-order valence-electron chi connectivity index (χ3n) is 3.44. The number of hydrogen-bond donors (Lipinski definition) is 1. The van der Waals surface area contributed by atoms with Crippen molar-refractivity contribution in [1.29, 1.82) is 0 Å². The lowest BCUT2D eigenvalue weighted by Gasteiger charge is -2.41. The topological polar surface area (TPSA) is 38.5 Å². The molecule has 1 heterocycles. The van der Waals surface area contributed by atoms with E-state index < -0.39 is 0 Å². The van der Waals surface area contributed by atoms with Crippen LogP contribution in [0.4, 0.5) is 0 Å². The van der Waals surface area contributed by atoms with E-state index in [1.165, 1.54) is 25.8 Å². The second kappa shape index (κ2) is 3.56. The molecule has 0 radical (unpaired) electrons. The van der Waals surface area contributed by atoms with Gasteiger partial charge < -0.3 is 10.5 Å². The summed E-state index contributed by atoms with van der Waals surface area (Å²) in [5, 5.41) is 0. The molecule has 0 aromatic heterocycles. The third-order valence-corrected chi connectivity index (χ3v) is 3.44. The van der Waals surface area contributed by atoms with Gasteiger partial charge in [-0.1, -0.05) is 0 Å². The van der Waals surface area contributed by atoms with E-state index in [2.05, 4.69) is 4.90 Å². The number of likely N-dealkylation sites (tertiary alicyclic amines) is 1. The van der Waals surface area contributed by atoms with Crippen LogP contribution in [0.25, 0.3) is 0 Å². The number of nitrogens with zero attached hydrogens (tertiary/aromatic N) is 1. The molecule has 76 valence electrons. The summed E-state index contributed by atoms with van der Waals surface area (Å²) < 4.78 is 5.57. The van der Waals surface area contributed by atoms with E-state index in [0.29, 0.717) is 6.54 Å². The van der Waals surface area contributed by atoms with Crippen LogP contribution in [0.3, 0.4) is 0 Å². The predicted molar refractivity (Wildman–Crippen MR) is 52.6 cm³/mol. The van der Waals surface area contributed by atoms with Gasteiger partial charge in [-0.3, -0.25) is 4.90 Å². The Bertz CT molecular complexity index is 176. The second-order valence-electron chi connectivity index (χ2n) is 4.40. The fourth-order valence-corrected chi connectivity index (χ4v) is 2.30. The predicted octanol–water partition coefficient (Wildman–Crippen LogP) is 0.588. The van der Waals surface area contributed by atoms with Crippen molar-refractivity contribution in [2.24, 2.45) is 5.73 Å². The van der Waals surface area contributed by atoms with Gasteiger partial charge in [0.15, 0.2) is 0 Å². The van der Waals surface area contributed by atoms with E-state index in [1.54, 1.807) is 7.11 Å². The quantitative estimate of drug-likeness (QED) is 0.697. The van der Waals surface area contributed by atoms with Gasteiger partial charge in [-0.15, -0.1) is 0 Å². The average molecular weight is 184 g/mol. The summed E-state index contributed by atoms with van der Waals surface area (Å²) in [6, 6.07) is 0.848. The molecule has 2 aliphatic rings. The van der Waals surface area contributed by atoms with Crippen molar-refractivity contribution in [3.05, 3.63) is 0 Å². The summed E-state index contributed by atoms with van der Waals surface area (Å²) >= 11 is 0. The molecule has 0 spiro atoms. The van der Waals surface area contributed by atoms with E-state index >= 15 is 0 Å². The molecule has 1 unspecified atom stereocenters. The summed E-state index contributed by atoms with van der Waals surface area (Å²) in [5.74, 6) is 0. The van der Waals surface area contributed by atoms with Crippen LogP contribution in [-0.4, -0.2) is 43.3 Å². The van der Waals surface area contributed by atoms with Crippen molar-refractivity contribution >= 4 is 0 Å². The number of hydrogen-bond acceptors (Lipinski definition) is 3. The lowest BCUT2D eigenvalue weighted by molar-refractivity contribution is -0.0595. The first-order valence-electron chi connectivity index (χ1n) is 5.29. The van der Waals surface area contributed by atoms with Gasteiger partial charge >= 0.3 is 0 Å². The Labute approximate surface area is 80.2 Å². The molecule has 0 aromatic rings. The smallest absolute Gasteiger partial charge is 0.0926 e. The zero-order valence-corrected chi connectivity index (χ0v) is 8.46. The summed E-state index contributed by atoms with van der Waals surface area (Å²) in [4.78, 5) is 2.56. The highest BCUT2D eigenvalue weighted by molar-refractivity contribution is 4.95. The van der Waals surface area contributed by atoms with Crippen LogP contribution >= 0.6 is 0 Å². The minimum atomic E-state index is -0.0408. The number of piperidine rings is 1. The Balaban J connectivity index is 1.96. The van der Waals surface area contributed by atoms with E-state index in [9.17, 15) is 0 Å². The average Bonchev–Trinajstić information content (AvgIpc) is 3.01. The standard InChI is InChI=1S/C10H20N2O/c1-13-10(7-11)5-2-6-12(8-10)9-3-4-9/h9H,2-8,11H2,1H3. The molecular formula is C10H20N2O. The molecule has 1 atom stereocenters. The molecule has 2 fully saturated rings. The number of nitrogens with two attached hydrogens (primary N) is 1. The van der Waals surface area contributed by atoms with Crippen molar-refractivity contribution in [2.45, 2.75) is 37.3 Å². The first kappa shape index (κ1) is 9.44. The first-order valence-corrected chi connectivity index (χ1v) is 5.29. The Kier molecular flexibility index (Phi) is 2.58. The van der Waals surface area contributed by atoms with Crippen LogP contribution in [0.15, 0.2) is 0 Å². The third kappa shape index (κ3) is 1.87. The minimum Gasteiger partial charge on any atom is -0.376 e. The monoisotopic (exact) mass is 184 g/mol. The highest BCUT2D eigenvalue weighted by Gasteiger charge is 2.39. The first-order chi connectivity index (χ1) is 6.29. The van der Waals surface area contributed by atoms with E-state index in [0.717, 1.165) is 19.0 Å². The lowest BCUT2D eigenvalue weighted by Crippen LogP contribution is -2.54. The Morgan fingerprint density at radius 3 is 2.85 bits per heavy atom. The lowest BCUT2D eigenvalue weighted by atomic mass is 9.92. The van der Waals surface area contributed by atoms with Crippen molar-refractivity contribution < 1.29 is 4.74 Å². The molecule has 3 heteroatoms. The maximum atomic E-state index is 5.78. The molecule has 1 aliphatic heterocycles. The van der Waals surface area contributed by atoms with Crippen LogP contribution in [0.5, 0.6) is 0 Å². The summed E-state index contributed by atoms with van der Waals surface area (Å²) in [7, 11) is 1.79. The van der Waals surface area contributed by atoms with E-state index in [4.69, 9.17) is 10.5 Å². The van der Waals surface area contributed by atoms with Gasteiger partial charge in [0.25, 0.3) is 0 Å². The fourth-order valence-electron chi connectivity index (χ4n) is 2.30. The molecule has 13 heavy (non-hydrogen) atoms. The highest BCUT2D eigenvalue weighted by Crippen LogP contribution is 2.33. The van der Waals surface area contributed by atoms with Gasteiger partial charge in [-0.05, 0) is 32.2 Å². The van der Waals surface area contributed by atoms with Gasteiger partial charge in [0.1, 0.15) is 0 Å². The number of rotatable bonds is 3. The highest BCUT2D eigenvalue weighted by atomic mass is 16.5. The maximum Gasteiger partial charge on any atom is 0.0926 e. The van der Waals surface area contributed by atoms with Gasteiger partial charge in [-0.25, -0.2) is 0 Å². The second-order valence-corrected chi connectivity index (χ2v) is 4.40. The molecule has 0 aromatic carbocycles. The Morgan fingerprint density at radius 2 is 2.31 bits per heavy atom. The largest absolute Gasteiger partial charge is 0.376 e.